The highest BCUT2D eigenvalue weighted by Crippen LogP contribution is 2.08. The Bertz CT molecular complexity index is 145. The Hall–Kier alpha value is -0.860. The zero-order valence-corrected chi connectivity index (χ0v) is 5.80. The molecule has 1 aliphatic rings. The van der Waals surface area contributed by atoms with Crippen molar-refractivity contribution in [2.45, 2.75) is 19.3 Å². The van der Waals surface area contributed by atoms with Crippen molar-refractivity contribution in [1.82, 2.24) is 4.90 Å². The van der Waals surface area contributed by atoms with Crippen LogP contribution in [0.4, 0.5) is 0 Å². The molecule has 0 aromatic heterocycles. The lowest BCUT2D eigenvalue weighted by Gasteiger charge is -2.11. The van der Waals surface area contributed by atoms with Crippen LogP contribution in [0.5, 0.6) is 0 Å². The monoisotopic (exact) mass is 140 g/mol. The molecule has 0 bridgehead atoms. The van der Waals surface area contributed by atoms with Crippen LogP contribution in [0.3, 0.4) is 0 Å². The van der Waals surface area contributed by atoms with Gasteiger partial charge in [-0.05, 0) is 6.42 Å². The second-order valence-corrected chi connectivity index (χ2v) is 2.38. The third-order valence-corrected chi connectivity index (χ3v) is 1.66. The van der Waals surface area contributed by atoms with Crippen LogP contribution in [0.15, 0.2) is 0 Å². The molecule has 55 valence electrons. The molecule has 3 heteroatoms. The van der Waals surface area contributed by atoms with E-state index in [2.05, 4.69) is 0 Å². The van der Waals surface area contributed by atoms with Crippen LogP contribution in [-0.4, -0.2) is 30.2 Å². The molecule has 1 heterocycles. The first-order valence-corrected chi connectivity index (χ1v) is 3.47. The van der Waals surface area contributed by atoms with Crippen LogP contribution in [0.2, 0.25) is 0 Å². The minimum atomic E-state index is 0.176. The third-order valence-electron chi connectivity index (χ3n) is 1.66. The molecule has 1 aliphatic heterocycles. The number of likely N-dealkylation sites (tertiary alicyclic amines) is 1. The highest BCUT2D eigenvalue weighted by molar-refractivity contribution is 5.78. The molecule has 3 nitrogen and oxygen atoms in total. The topological polar surface area (TPSA) is 37.4 Å². The average Bonchev–Trinajstić information content (AvgIpc) is 2.31. The van der Waals surface area contributed by atoms with E-state index in [1.165, 1.54) is 0 Å². The lowest BCUT2D eigenvalue weighted by atomic mass is 10.4. The van der Waals surface area contributed by atoms with Gasteiger partial charge in [0.05, 0.1) is 0 Å². The van der Waals surface area contributed by atoms with Gasteiger partial charge in [-0.25, -0.2) is 0 Å². The van der Waals surface area contributed by atoms with Crippen molar-refractivity contribution in [2.24, 2.45) is 0 Å². The van der Waals surface area contributed by atoms with E-state index >= 15 is 0 Å². The molecule has 0 spiro atoms. The van der Waals surface area contributed by atoms with Crippen molar-refractivity contribution in [2.75, 3.05) is 13.1 Å². The van der Waals surface area contributed by atoms with Crippen molar-refractivity contribution < 1.29 is 9.59 Å². The van der Waals surface area contributed by atoms with Crippen molar-refractivity contribution in [3.8, 4) is 0 Å². The van der Waals surface area contributed by atoms with E-state index in [0.717, 1.165) is 13.0 Å². The summed E-state index contributed by atoms with van der Waals surface area (Å²) in [4.78, 5) is 22.4. The quantitative estimate of drug-likeness (QED) is 0.558. The number of rotatable bonds is 3. The summed E-state index contributed by atoms with van der Waals surface area (Å²) in [5.41, 5.74) is 0. The molecule has 0 unspecified atom stereocenters. The molecule has 0 aliphatic carbocycles. The van der Waals surface area contributed by atoms with E-state index in [0.29, 0.717) is 19.4 Å². The van der Waals surface area contributed by atoms with Gasteiger partial charge in [-0.1, -0.05) is 0 Å². The summed E-state index contributed by atoms with van der Waals surface area (Å²) >= 11 is 0. The van der Waals surface area contributed by atoms with Crippen LogP contribution in [0.1, 0.15) is 19.3 Å². The number of amides is 1. The summed E-state index contributed by atoms with van der Waals surface area (Å²) in [5, 5.41) is 0. The Morgan fingerprint density at radius 1 is 1.60 bits per heavy atom. The van der Waals surface area contributed by atoms with E-state index in [9.17, 15) is 9.59 Å². The SMILES string of the molecule is O=[C]CCN1CCCC1=O. The van der Waals surface area contributed by atoms with Gasteiger partial charge in [0, 0.05) is 25.9 Å². The number of hydrogen-bond acceptors (Lipinski definition) is 2. The zero-order valence-electron chi connectivity index (χ0n) is 5.80. The fourth-order valence-electron chi connectivity index (χ4n) is 1.12. The van der Waals surface area contributed by atoms with Crippen LogP contribution < -0.4 is 0 Å². The summed E-state index contributed by atoms with van der Waals surface area (Å²) in [6.45, 7) is 1.38. The molecule has 0 N–H and O–H groups in total. The van der Waals surface area contributed by atoms with Crippen molar-refractivity contribution in [3.63, 3.8) is 0 Å². The third kappa shape index (κ3) is 1.56. The van der Waals surface area contributed by atoms with Crippen molar-refractivity contribution in [3.05, 3.63) is 0 Å². The Morgan fingerprint density at radius 2 is 2.40 bits per heavy atom. The molecule has 10 heavy (non-hydrogen) atoms. The van der Waals surface area contributed by atoms with Crippen LogP contribution in [0, 0.1) is 0 Å². The van der Waals surface area contributed by atoms with E-state index in [4.69, 9.17) is 0 Å². The number of nitrogens with zero attached hydrogens (tertiary/aromatic N) is 1. The number of hydrogen-bond donors (Lipinski definition) is 0. The molecule has 1 amide bonds. The lowest BCUT2D eigenvalue weighted by Crippen LogP contribution is -2.25. The molecule has 0 atom stereocenters. The van der Waals surface area contributed by atoms with Crippen molar-refractivity contribution >= 4 is 12.2 Å². The molecule has 1 rings (SSSR count). The van der Waals surface area contributed by atoms with E-state index in [1.54, 1.807) is 11.2 Å². The maximum Gasteiger partial charge on any atom is 0.222 e. The lowest BCUT2D eigenvalue weighted by molar-refractivity contribution is -0.127. The summed E-state index contributed by atoms with van der Waals surface area (Å²) in [6.07, 6.45) is 3.72. The second kappa shape index (κ2) is 3.34. The normalized spacial score (nSPS) is 18.0. The Balaban J connectivity index is 2.26. The second-order valence-electron chi connectivity index (χ2n) is 2.38. The van der Waals surface area contributed by atoms with E-state index < -0.39 is 0 Å². The molecular weight excluding hydrogens is 130 g/mol. The summed E-state index contributed by atoms with van der Waals surface area (Å²) < 4.78 is 0. The molecular formula is C7H10NO2. The minimum Gasteiger partial charge on any atom is -0.342 e. The smallest absolute Gasteiger partial charge is 0.222 e. The van der Waals surface area contributed by atoms with Gasteiger partial charge in [0.1, 0.15) is 0 Å². The number of carbonyl (C=O) groups excluding carboxylic acids is 2. The van der Waals surface area contributed by atoms with Crippen LogP contribution in [0.25, 0.3) is 0 Å². The average molecular weight is 140 g/mol. The van der Waals surface area contributed by atoms with Gasteiger partial charge in [0.25, 0.3) is 0 Å². The van der Waals surface area contributed by atoms with Crippen molar-refractivity contribution in [1.29, 1.82) is 0 Å². The number of carbonyl (C=O) groups is 1. The van der Waals surface area contributed by atoms with Gasteiger partial charge in [0.15, 0.2) is 6.29 Å². The maximum absolute atomic E-state index is 10.9. The summed E-state index contributed by atoms with van der Waals surface area (Å²) in [6, 6.07) is 0. The van der Waals surface area contributed by atoms with Gasteiger partial charge in [0.2, 0.25) is 5.91 Å². The standard InChI is InChI=1S/C7H10NO2/c9-6-2-5-8-4-1-3-7(8)10/h1-5H2. The molecule has 0 saturated carbocycles. The summed E-state index contributed by atoms with van der Waals surface area (Å²) in [7, 11) is 0. The van der Waals surface area contributed by atoms with Gasteiger partial charge >= 0.3 is 0 Å². The first kappa shape index (κ1) is 7.25. The summed E-state index contributed by atoms with van der Waals surface area (Å²) in [5.74, 6) is 0.176. The van der Waals surface area contributed by atoms with E-state index in [-0.39, 0.29) is 5.91 Å². The van der Waals surface area contributed by atoms with Crippen LogP contribution in [-0.2, 0) is 9.59 Å². The zero-order chi connectivity index (χ0) is 7.40. The highest BCUT2D eigenvalue weighted by atomic mass is 16.2. The Kier molecular flexibility index (Phi) is 2.42. The van der Waals surface area contributed by atoms with Gasteiger partial charge in [-0.2, -0.15) is 0 Å². The maximum atomic E-state index is 10.9. The predicted octanol–water partition coefficient (Wildman–Crippen LogP) is 0.109. The van der Waals surface area contributed by atoms with E-state index in [1.807, 2.05) is 0 Å². The highest BCUT2D eigenvalue weighted by Gasteiger charge is 2.18. The largest absolute Gasteiger partial charge is 0.342 e. The minimum absolute atomic E-state index is 0.176. The molecule has 0 aromatic carbocycles. The van der Waals surface area contributed by atoms with Gasteiger partial charge < -0.3 is 4.90 Å². The molecule has 1 fully saturated rings. The Morgan fingerprint density at radius 3 is 2.90 bits per heavy atom. The van der Waals surface area contributed by atoms with Crippen LogP contribution >= 0.6 is 0 Å². The first-order valence-electron chi connectivity index (χ1n) is 3.47. The Labute approximate surface area is 60.0 Å². The molecule has 0 aromatic rings. The van der Waals surface area contributed by atoms with Gasteiger partial charge in [-0.15, -0.1) is 0 Å². The molecule has 1 radical (unpaired) electrons. The first-order chi connectivity index (χ1) is 4.84. The molecule has 1 saturated heterocycles. The predicted molar refractivity (Wildman–Crippen MR) is 36.1 cm³/mol. The van der Waals surface area contributed by atoms with Gasteiger partial charge in [-0.3, -0.25) is 9.59 Å². The fourth-order valence-corrected chi connectivity index (χ4v) is 1.12. The fraction of sp³-hybridized carbons (Fsp3) is 0.714.